The SMILES string of the molecule is C=CCOC(=O)c1ccc(OC(=O)C2CC3=C(C2)C(C)(C)CCC3(C)C)cc1. The number of hydrogen-bond acceptors (Lipinski definition) is 4. The lowest BCUT2D eigenvalue weighted by atomic mass is 9.64. The zero-order valence-corrected chi connectivity index (χ0v) is 17.3. The summed E-state index contributed by atoms with van der Waals surface area (Å²) in [5.74, 6) is -0.287. The molecule has 1 aromatic rings. The molecule has 0 bridgehead atoms. The Morgan fingerprint density at radius 2 is 1.57 bits per heavy atom. The van der Waals surface area contributed by atoms with Gasteiger partial charge >= 0.3 is 11.9 Å². The Hall–Kier alpha value is -2.36. The van der Waals surface area contributed by atoms with Gasteiger partial charge in [-0.15, -0.1) is 0 Å². The summed E-state index contributed by atoms with van der Waals surface area (Å²) in [5.41, 5.74) is 3.64. The van der Waals surface area contributed by atoms with Crippen molar-refractivity contribution < 1.29 is 19.1 Å². The average Bonchev–Trinajstić information content (AvgIpc) is 3.12. The quantitative estimate of drug-likeness (QED) is 0.384. The van der Waals surface area contributed by atoms with Gasteiger partial charge in [0.15, 0.2) is 0 Å². The van der Waals surface area contributed by atoms with E-state index in [1.54, 1.807) is 24.3 Å². The van der Waals surface area contributed by atoms with Crippen LogP contribution < -0.4 is 4.74 Å². The van der Waals surface area contributed by atoms with Gasteiger partial charge in [0.1, 0.15) is 12.4 Å². The minimum atomic E-state index is -0.421. The molecule has 0 spiro atoms. The zero-order valence-electron chi connectivity index (χ0n) is 17.3. The Balaban J connectivity index is 1.65. The molecule has 0 fully saturated rings. The number of carbonyl (C=O) groups excluding carboxylic acids is 2. The van der Waals surface area contributed by atoms with Crippen LogP contribution >= 0.6 is 0 Å². The molecule has 0 radical (unpaired) electrons. The summed E-state index contributed by atoms with van der Waals surface area (Å²) in [4.78, 5) is 24.6. The van der Waals surface area contributed by atoms with Crippen LogP contribution in [0.3, 0.4) is 0 Å². The van der Waals surface area contributed by atoms with Gasteiger partial charge in [-0.3, -0.25) is 4.79 Å². The highest BCUT2D eigenvalue weighted by Crippen LogP contribution is 2.56. The smallest absolute Gasteiger partial charge is 0.338 e. The van der Waals surface area contributed by atoms with Gasteiger partial charge in [0, 0.05) is 0 Å². The molecular weight excluding hydrogens is 352 g/mol. The van der Waals surface area contributed by atoms with Crippen LogP contribution in [0.2, 0.25) is 0 Å². The third-order valence-corrected chi connectivity index (χ3v) is 6.25. The van der Waals surface area contributed by atoms with E-state index >= 15 is 0 Å². The maximum absolute atomic E-state index is 12.8. The van der Waals surface area contributed by atoms with Crippen LogP contribution in [0.15, 0.2) is 48.1 Å². The minimum absolute atomic E-state index is 0.126. The fourth-order valence-electron chi connectivity index (χ4n) is 4.35. The van der Waals surface area contributed by atoms with Gasteiger partial charge in [-0.2, -0.15) is 0 Å². The standard InChI is InChI=1S/C24H30O4/c1-6-13-27-21(25)16-7-9-18(10-8-16)28-22(26)17-14-19-20(15-17)24(4,5)12-11-23(19,2)3/h6-10,17H,1,11-15H2,2-5H3. The summed E-state index contributed by atoms with van der Waals surface area (Å²) in [7, 11) is 0. The van der Waals surface area contributed by atoms with Crippen molar-refractivity contribution >= 4 is 11.9 Å². The molecule has 0 heterocycles. The molecule has 0 aromatic heterocycles. The number of esters is 2. The second-order valence-electron chi connectivity index (χ2n) is 9.16. The molecule has 1 aromatic carbocycles. The van der Waals surface area contributed by atoms with Crippen LogP contribution in [0.5, 0.6) is 5.75 Å². The number of hydrogen-bond donors (Lipinski definition) is 0. The Morgan fingerprint density at radius 1 is 1.04 bits per heavy atom. The van der Waals surface area contributed by atoms with Crippen LogP contribution in [0.4, 0.5) is 0 Å². The first kappa shape index (κ1) is 20.4. The van der Waals surface area contributed by atoms with E-state index in [-0.39, 0.29) is 29.3 Å². The molecular formula is C24H30O4. The van der Waals surface area contributed by atoms with Gasteiger partial charge in [0.05, 0.1) is 11.5 Å². The lowest BCUT2D eigenvalue weighted by molar-refractivity contribution is -0.138. The Kier molecular flexibility index (Phi) is 5.51. The average molecular weight is 383 g/mol. The zero-order chi connectivity index (χ0) is 20.5. The first-order chi connectivity index (χ1) is 13.1. The third kappa shape index (κ3) is 4.06. The summed E-state index contributed by atoms with van der Waals surface area (Å²) >= 11 is 0. The molecule has 3 rings (SSSR count). The molecule has 0 saturated carbocycles. The van der Waals surface area contributed by atoms with E-state index in [2.05, 4.69) is 34.3 Å². The Morgan fingerprint density at radius 3 is 2.07 bits per heavy atom. The topological polar surface area (TPSA) is 52.6 Å². The van der Waals surface area contributed by atoms with Gasteiger partial charge in [0.2, 0.25) is 0 Å². The van der Waals surface area contributed by atoms with Crippen molar-refractivity contribution in [3.05, 3.63) is 53.6 Å². The first-order valence-corrected chi connectivity index (χ1v) is 9.97. The summed E-state index contributed by atoms with van der Waals surface area (Å²) in [6, 6.07) is 6.49. The second kappa shape index (κ2) is 7.57. The molecule has 4 nitrogen and oxygen atoms in total. The largest absolute Gasteiger partial charge is 0.458 e. The lowest BCUT2D eigenvalue weighted by Gasteiger charge is -2.41. The summed E-state index contributed by atoms with van der Waals surface area (Å²) in [6.07, 6.45) is 5.41. The van der Waals surface area contributed by atoms with Gasteiger partial charge in [0.25, 0.3) is 0 Å². The van der Waals surface area contributed by atoms with E-state index < -0.39 is 5.97 Å². The molecule has 150 valence electrons. The van der Waals surface area contributed by atoms with Crippen molar-refractivity contribution in [3.8, 4) is 5.75 Å². The van der Waals surface area contributed by atoms with Crippen molar-refractivity contribution in [3.63, 3.8) is 0 Å². The van der Waals surface area contributed by atoms with Crippen molar-refractivity contribution in [2.45, 2.75) is 53.4 Å². The van der Waals surface area contributed by atoms with Crippen molar-refractivity contribution in [2.24, 2.45) is 16.7 Å². The molecule has 0 aliphatic heterocycles. The fourth-order valence-corrected chi connectivity index (χ4v) is 4.35. The first-order valence-electron chi connectivity index (χ1n) is 9.97. The highest BCUT2D eigenvalue weighted by atomic mass is 16.5. The lowest BCUT2D eigenvalue weighted by Crippen LogP contribution is -2.28. The maximum atomic E-state index is 12.8. The fraction of sp³-hybridized carbons (Fsp3) is 0.500. The van der Waals surface area contributed by atoms with Crippen molar-refractivity contribution in [2.75, 3.05) is 6.61 Å². The Labute approximate surface area is 167 Å². The number of ether oxygens (including phenoxy) is 2. The highest BCUT2D eigenvalue weighted by Gasteiger charge is 2.45. The Bertz CT molecular complexity index is 784. The van der Waals surface area contributed by atoms with Crippen molar-refractivity contribution in [1.29, 1.82) is 0 Å². The predicted molar refractivity (Wildman–Crippen MR) is 109 cm³/mol. The van der Waals surface area contributed by atoms with Gasteiger partial charge in [-0.1, -0.05) is 51.5 Å². The molecule has 4 heteroatoms. The van der Waals surface area contributed by atoms with Crippen LogP contribution in [0.1, 0.15) is 63.7 Å². The van der Waals surface area contributed by atoms with E-state index in [0.717, 1.165) is 25.7 Å². The van der Waals surface area contributed by atoms with E-state index in [1.165, 1.54) is 17.2 Å². The summed E-state index contributed by atoms with van der Waals surface area (Å²) < 4.78 is 10.6. The minimum Gasteiger partial charge on any atom is -0.458 e. The van der Waals surface area contributed by atoms with E-state index in [1.807, 2.05) is 0 Å². The molecule has 2 aliphatic carbocycles. The summed E-state index contributed by atoms with van der Waals surface area (Å²) in [5, 5.41) is 0. The van der Waals surface area contributed by atoms with E-state index in [0.29, 0.717) is 11.3 Å². The normalized spacial score (nSPS) is 20.4. The van der Waals surface area contributed by atoms with Crippen molar-refractivity contribution in [1.82, 2.24) is 0 Å². The second-order valence-corrected chi connectivity index (χ2v) is 9.16. The molecule has 0 N–H and O–H groups in total. The maximum Gasteiger partial charge on any atom is 0.338 e. The van der Waals surface area contributed by atoms with E-state index in [9.17, 15) is 9.59 Å². The molecule has 0 amide bonds. The van der Waals surface area contributed by atoms with E-state index in [4.69, 9.17) is 9.47 Å². The van der Waals surface area contributed by atoms with Crippen LogP contribution in [-0.2, 0) is 9.53 Å². The molecule has 0 unspecified atom stereocenters. The van der Waals surface area contributed by atoms with Crippen LogP contribution in [-0.4, -0.2) is 18.5 Å². The highest BCUT2D eigenvalue weighted by molar-refractivity contribution is 5.89. The number of carbonyl (C=O) groups is 2. The number of rotatable bonds is 5. The monoisotopic (exact) mass is 382 g/mol. The molecule has 0 saturated heterocycles. The predicted octanol–water partition coefficient (Wildman–Crippen LogP) is 5.49. The van der Waals surface area contributed by atoms with Crippen LogP contribution in [0.25, 0.3) is 0 Å². The molecule has 2 aliphatic rings. The van der Waals surface area contributed by atoms with Gasteiger partial charge in [-0.25, -0.2) is 4.79 Å². The number of benzene rings is 1. The van der Waals surface area contributed by atoms with Gasteiger partial charge < -0.3 is 9.47 Å². The number of allylic oxidation sites excluding steroid dienone is 2. The summed E-state index contributed by atoms with van der Waals surface area (Å²) in [6.45, 7) is 12.8. The molecule has 28 heavy (non-hydrogen) atoms. The molecule has 0 atom stereocenters. The van der Waals surface area contributed by atoms with Crippen LogP contribution in [0, 0.1) is 16.7 Å². The van der Waals surface area contributed by atoms with Gasteiger partial charge in [-0.05, 0) is 60.8 Å². The third-order valence-electron chi connectivity index (χ3n) is 6.25.